The molecule has 29 heavy (non-hydrogen) atoms. The summed E-state index contributed by atoms with van der Waals surface area (Å²) in [6.45, 7) is 2.85. The molecule has 0 fully saturated rings. The summed E-state index contributed by atoms with van der Waals surface area (Å²) in [4.78, 5) is 22.2. The van der Waals surface area contributed by atoms with Crippen molar-refractivity contribution in [2.24, 2.45) is 0 Å². The molecule has 1 N–H and O–H groups in total. The van der Waals surface area contributed by atoms with E-state index in [1.165, 1.54) is 32.1 Å². The predicted molar refractivity (Wildman–Crippen MR) is 115 cm³/mol. The van der Waals surface area contributed by atoms with E-state index in [4.69, 9.17) is 9.26 Å². The molecule has 2 aromatic carbocycles. The maximum absolute atomic E-state index is 12.2. The lowest BCUT2D eigenvalue weighted by Crippen LogP contribution is -2.05. The van der Waals surface area contributed by atoms with Crippen molar-refractivity contribution in [3.8, 4) is 5.75 Å². The van der Waals surface area contributed by atoms with Crippen LogP contribution in [0.15, 0.2) is 54.6 Å². The fraction of sp³-hybridized carbons (Fsp3) is 0.435. The molecule has 0 saturated carbocycles. The van der Waals surface area contributed by atoms with E-state index in [0.717, 1.165) is 12.8 Å². The molecule has 2 rings (SSSR count). The Hall–Kier alpha value is -2.10. The van der Waals surface area contributed by atoms with Crippen molar-refractivity contribution in [1.29, 1.82) is 0 Å². The Morgan fingerprint density at radius 3 is 2.17 bits per heavy atom. The minimum Gasteiger partial charge on any atom is -0.494 e. The highest BCUT2D eigenvalue weighted by atomic mass is 31.2. The summed E-state index contributed by atoms with van der Waals surface area (Å²) in [5.74, 6) is -0.144. The van der Waals surface area contributed by atoms with E-state index in [9.17, 15) is 14.3 Å². The van der Waals surface area contributed by atoms with Crippen molar-refractivity contribution in [2.75, 3.05) is 6.61 Å². The molecule has 0 bridgehead atoms. The first-order chi connectivity index (χ1) is 14.0. The molecule has 6 heteroatoms. The summed E-state index contributed by atoms with van der Waals surface area (Å²) in [5.41, 5.74) is 0.857. The van der Waals surface area contributed by atoms with Gasteiger partial charge in [-0.15, -0.1) is 0 Å². The highest BCUT2D eigenvalue weighted by Crippen LogP contribution is 2.46. The molecule has 0 radical (unpaired) electrons. The summed E-state index contributed by atoms with van der Waals surface area (Å²) in [5, 5.41) is 0. The van der Waals surface area contributed by atoms with Crippen LogP contribution in [-0.2, 0) is 15.3 Å². The molecular weight excluding hydrogens is 387 g/mol. The van der Waals surface area contributed by atoms with E-state index in [2.05, 4.69) is 6.92 Å². The smallest absolute Gasteiger partial charge is 0.383 e. The van der Waals surface area contributed by atoms with Crippen LogP contribution in [0, 0.1) is 0 Å². The molecule has 0 aliphatic rings. The van der Waals surface area contributed by atoms with E-state index < -0.39 is 13.6 Å². The molecule has 1 unspecified atom stereocenters. The van der Waals surface area contributed by atoms with Gasteiger partial charge in [-0.3, -0.25) is 0 Å². The number of rotatable bonds is 13. The second-order valence-electron chi connectivity index (χ2n) is 7.15. The van der Waals surface area contributed by atoms with Crippen LogP contribution in [0.2, 0.25) is 0 Å². The van der Waals surface area contributed by atoms with Gasteiger partial charge in [-0.05, 0) is 36.2 Å². The van der Waals surface area contributed by atoms with Crippen LogP contribution in [0.4, 0.5) is 0 Å². The van der Waals surface area contributed by atoms with Gasteiger partial charge in [-0.25, -0.2) is 9.36 Å². The zero-order valence-corrected chi connectivity index (χ0v) is 18.0. The van der Waals surface area contributed by atoms with Crippen molar-refractivity contribution in [3.05, 3.63) is 65.7 Å². The van der Waals surface area contributed by atoms with Gasteiger partial charge >= 0.3 is 13.6 Å². The number of carbonyl (C=O) groups is 1. The van der Waals surface area contributed by atoms with Crippen LogP contribution in [0.3, 0.4) is 0 Å². The molecule has 0 saturated heterocycles. The highest BCUT2D eigenvalue weighted by Gasteiger charge is 2.25. The summed E-state index contributed by atoms with van der Waals surface area (Å²) >= 11 is 0. The van der Waals surface area contributed by atoms with Crippen LogP contribution < -0.4 is 4.74 Å². The quantitative estimate of drug-likeness (QED) is 0.303. The van der Waals surface area contributed by atoms with Gasteiger partial charge in [0.1, 0.15) is 5.75 Å². The topological polar surface area (TPSA) is 72.8 Å². The lowest BCUT2D eigenvalue weighted by Gasteiger charge is -2.12. The van der Waals surface area contributed by atoms with E-state index in [1.807, 2.05) is 6.07 Å². The standard InChI is InChI=1S/C23H31O5P/c1-2-3-4-5-6-7-11-18-27-22-16-14-21(15-17-22)23(24)28-29(25,26)19-20-12-9-8-10-13-20/h8-10,12-17H,2-7,11,18-19H2,1H3,(H,25,26). The first kappa shape index (κ1) is 23.2. The van der Waals surface area contributed by atoms with Crippen molar-refractivity contribution in [1.82, 2.24) is 0 Å². The zero-order chi connectivity index (χ0) is 21.0. The van der Waals surface area contributed by atoms with Crippen molar-refractivity contribution < 1.29 is 23.5 Å². The third-order valence-electron chi connectivity index (χ3n) is 4.56. The molecule has 0 heterocycles. The third-order valence-corrected chi connectivity index (χ3v) is 5.77. The van der Waals surface area contributed by atoms with Gasteiger partial charge in [-0.2, -0.15) is 0 Å². The first-order valence-corrected chi connectivity index (χ1v) is 12.1. The fourth-order valence-corrected chi connectivity index (χ4v) is 4.07. The number of unbranched alkanes of at least 4 members (excludes halogenated alkanes) is 6. The Balaban J connectivity index is 1.73. The number of hydrogen-bond donors (Lipinski definition) is 1. The molecule has 2 aromatic rings. The van der Waals surface area contributed by atoms with Gasteiger partial charge < -0.3 is 14.2 Å². The molecule has 0 spiro atoms. The Labute approximate surface area is 173 Å². The van der Waals surface area contributed by atoms with Crippen LogP contribution in [0.5, 0.6) is 5.75 Å². The van der Waals surface area contributed by atoms with Gasteiger partial charge in [0.05, 0.1) is 18.3 Å². The molecule has 158 valence electrons. The molecule has 5 nitrogen and oxygen atoms in total. The molecular formula is C23H31O5P. The highest BCUT2D eigenvalue weighted by molar-refractivity contribution is 7.52. The van der Waals surface area contributed by atoms with Gasteiger partial charge in [0, 0.05) is 0 Å². The van der Waals surface area contributed by atoms with Crippen molar-refractivity contribution >= 4 is 13.6 Å². The summed E-state index contributed by atoms with van der Waals surface area (Å²) in [6, 6.07) is 15.2. The SMILES string of the molecule is CCCCCCCCCOc1ccc(C(=O)OP(=O)(O)Cc2ccccc2)cc1. The van der Waals surface area contributed by atoms with Crippen LogP contribution >= 0.6 is 7.60 Å². The van der Waals surface area contributed by atoms with Gasteiger partial charge in [-0.1, -0.05) is 75.8 Å². The van der Waals surface area contributed by atoms with Crippen LogP contribution in [0.25, 0.3) is 0 Å². The summed E-state index contributed by atoms with van der Waals surface area (Å²) in [6.07, 6.45) is 8.34. The first-order valence-electron chi connectivity index (χ1n) is 10.3. The normalized spacial score (nSPS) is 12.9. The maximum atomic E-state index is 12.2. The van der Waals surface area contributed by atoms with Gasteiger partial charge in [0.25, 0.3) is 0 Å². The Morgan fingerprint density at radius 2 is 1.52 bits per heavy atom. The van der Waals surface area contributed by atoms with Crippen molar-refractivity contribution in [3.63, 3.8) is 0 Å². The monoisotopic (exact) mass is 418 g/mol. The minimum atomic E-state index is -4.06. The van der Waals surface area contributed by atoms with Crippen LogP contribution in [0.1, 0.15) is 67.8 Å². The lowest BCUT2D eigenvalue weighted by molar-refractivity contribution is 0.0716. The fourth-order valence-electron chi connectivity index (χ4n) is 2.97. The number of ether oxygens (including phenoxy) is 1. The summed E-state index contributed by atoms with van der Waals surface area (Å²) < 4.78 is 22.8. The molecule has 0 amide bonds. The number of hydrogen-bond acceptors (Lipinski definition) is 4. The third kappa shape index (κ3) is 9.29. The van der Waals surface area contributed by atoms with E-state index in [1.54, 1.807) is 48.5 Å². The molecule has 0 aromatic heterocycles. The molecule has 0 aliphatic heterocycles. The lowest BCUT2D eigenvalue weighted by atomic mass is 10.1. The predicted octanol–water partition coefficient (Wildman–Crippen LogP) is 6.36. The Bertz CT molecular complexity index is 774. The zero-order valence-electron chi connectivity index (χ0n) is 17.1. The van der Waals surface area contributed by atoms with E-state index in [-0.39, 0.29) is 11.7 Å². The summed E-state index contributed by atoms with van der Waals surface area (Å²) in [7, 11) is -4.06. The molecule has 0 aliphatic carbocycles. The minimum absolute atomic E-state index is 0.209. The Kier molecular flexibility index (Phi) is 9.96. The average molecular weight is 418 g/mol. The average Bonchev–Trinajstić information content (AvgIpc) is 2.70. The maximum Gasteiger partial charge on any atom is 0.383 e. The van der Waals surface area contributed by atoms with E-state index in [0.29, 0.717) is 17.9 Å². The number of benzene rings is 2. The van der Waals surface area contributed by atoms with Gasteiger partial charge in [0.2, 0.25) is 0 Å². The van der Waals surface area contributed by atoms with E-state index >= 15 is 0 Å². The second kappa shape index (κ2) is 12.5. The van der Waals surface area contributed by atoms with Crippen molar-refractivity contribution in [2.45, 2.75) is 58.0 Å². The second-order valence-corrected chi connectivity index (χ2v) is 8.93. The van der Waals surface area contributed by atoms with Crippen LogP contribution in [-0.4, -0.2) is 17.5 Å². The largest absolute Gasteiger partial charge is 0.494 e. The van der Waals surface area contributed by atoms with Gasteiger partial charge in [0.15, 0.2) is 0 Å². The number of carbonyl (C=O) groups excluding carboxylic acids is 1. The Morgan fingerprint density at radius 1 is 0.897 bits per heavy atom. The molecule has 1 atom stereocenters.